The lowest BCUT2D eigenvalue weighted by Crippen LogP contribution is -2.23. The molecule has 144 valence electrons. The van der Waals surface area contributed by atoms with Gasteiger partial charge < -0.3 is 10.4 Å². The van der Waals surface area contributed by atoms with E-state index in [0.29, 0.717) is 17.7 Å². The summed E-state index contributed by atoms with van der Waals surface area (Å²) < 4.78 is 31.7. The van der Waals surface area contributed by atoms with Gasteiger partial charge in [-0.1, -0.05) is 18.2 Å². The highest BCUT2D eigenvalue weighted by Gasteiger charge is 2.38. The van der Waals surface area contributed by atoms with Crippen LogP contribution in [0, 0.1) is 6.92 Å². The number of nitrogens with one attached hydrogen (secondary N) is 1. The van der Waals surface area contributed by atoms with Crippen molar-refractivity contribution in [3.8, 4) is 0 Å². The number of ketones is 1. The monoisotopic (exact) mass is 382 g/mol. The van der Waals surface area contributed by atoms with Gasteiger partial charge in [0, 0.05) is 16.8 Å². The van der Waals surface area contributed by atoms with E-state index in [1.54, 1.807) is 24.3 Å². The number of aliphatic carboxylic acids is 1. The minimum atomic E-state index is -5.08. The van der Waals surface area contributed by atoms with Crippen LogP contribution >= 0.6 is 0 Å². The molecule has 0 unspecified atom stereocenters. The smallest absolute Gasteiger partial charge is 0.475 e. The Morgan fingerprint density at radius 1 is 1.04 bits per heavy atom. The highest BCUT2D eigenvalue weighted by molar-refractivity contribution is 5.97. The van der Waals surface area contributed by atoms with Crippen LogP contribution in [0.2, 0.25) is 0 Å². The SMILES string of the molecule is CC(=O)c1ccc(C(=O)NCc2cccc(C)n2)cc1.O=C(O)C(F)(F)F. The average Bonchev–Trinajstić information content (AvgIpc) is 2.59. The zero-order valence-electron chi connectivity index (χ0n) is 14.5. The number of Topliss-reactive ketones (excluding diaryl/α,β-unsaturated/α-hetero) is 1. The lowest BCUT2D eigenvalue weighted by Gasteiger charge is -2.06. The largest absolute Gasteiger partial charge is 0.490 e. The molecule has 2 N–H and O–H groups in total. The molecule has 0 radical (unpaired) electrons. The molecular weight excluding hydrogens is 365 g/mol. The Bertz CT molecular complexity index is 818. The van der Waals surface area contributed by atoms with Gasteiger partial charge in [-0.25, -0.2) is 4.79 Å². The number of carbonyl (C=O) groups excluding carboxylic acids is 2. The molecule has 1 heterocycles. The van der Waals surface area contributed by atoms with Gasteiger partial charge >= 0.3 is 12.1 Å². The number of halogens is 3. The molecule has 0 aliphatic heterocycles. The van der Waals surface area contributed by atoms with Crippen molar-refractivity contribution in [3.05, 3.63) is 65.0 Å². The highest BCUT2D eigenvalue weighted by atomic mass is 19.4. The fraction of sp³-hybridized carbons (Fsp3) is 0.222. The summed E-state index contributed by atoms with van der Waals surface area (Å²) in [5.74, 6) is -2.95. The first kappa shape index (κ1) is 21.8. The van der Waals surface area contributed by atoms with E-state index in [0.717, 1.165) is 11.4 Å². The molecule has 27 heavy (non-hydrogen) atoms. The Morgan fingerprint density at radius 3 is 2.00 bits per heavy atom. The van der Waals surface area contributed by atoms with E-state index in [9.17, 15) is 22.8 Å². The molecule has 1 amide bonds. The number of benzene rings is 1. The number of carbonyl (C=O) groups is 3. The van der Waals surface area contributed by atoms with Crippen LogP contribution in [0.25, 0.3) is 0 Å². The van der Waals surface area contributed by atoms with Gasteiger partial charge in [-0.2, -0.15) is 13.2 Å². The summed E-state index contributed by atoms with van der Waals surface area (Å²) in [5.41, 5.74) is 2.87. The number of aryl methyl sites for hydroxylation is 1. The molecule has 0 spiro atoms. The van der Waals surface area contributed by atoms with Crippen molar-refractivity contribution in [3.63, 3.8) is 0 Å². The molecule has 0 aliphatic carbocycles. The van der Waals surface area contributed by atoms with Crippen LogP contribution in [0.3, 0.4) is 0 Å². The number of amides is 1. The van der Waals surface area contributed by atoms with Crippen LogP contribution in [0.5, 0.6) is 0 Å². The van der Waals surface area contributed by atoms with Crippen LogP contribution in [-0.4, -0.2) is 33.9 Å². The molecule has 0 atom stereocenters. The van der Waals surface area contributed by atoms with Crippen LogP contribution in [0.4, 0.5) is 13.2 Å². The quantitative estimate of drug-likeness (QED) is 0.792. The maximum atomic E-state index is 12.0. The maximum absolute atomic E-state index is 12.0. The molecule has 0 saturated heterocycles. The second-order valence-electron chi connectivity index (χ2n) is 5.39. The van der Waals surface area contributed by atoms with E-state index in [4.69, 9.17) is 9.90 Å². The third-order valence-corrected chi connectivity index (χ3v) is 3.17. The van der Waals surface area contributed by atoms with Crippen molar-refractivity contribution in [2.24, 2.45) is 0 Å². The molecule has 0 saturated carbocycles. The Labute approximate surface area is 153 Å². The first-order chi connectivity index (χ1) is 12.5. The van der Waals surface area contributed by atoms with Crippen molar-refractivity contribution in [2.45, 2.75) is 26.6 Å². The average molecular weight is 382 g/mol. The van der Waals surface area contributed by atoms with Crippen LogP contribution < -0.4 is 5.32 Å². The van der Waals surface area contributed by atoms with Crippen molar-refractivity contribution in [2.75, 3.05) is 0 Å². The zero-order valence-corrected chi connectivity index (χ0v) is 14.5. The number of alkyl halides is 3. The molecular formula is C18H17F3N2O4. The van der Waals surface area contributed by atoms with E-state index in [1.807, 2.05) is 25.1 Å². The number of carboxylic acids is 1. The Kier molecular flexibility index (Phi) is 7.64. The third kappa shape index (κ3) is 7.68. The minimum absolute atomic E-state index is 0.0130. The topological polar surface area (TPSA) is 96.4 Å². The molecule has 2 aromatic rings. The molecule has 0 aliphatic rings. The number of nitrogens with zero attached hydrogens (tertiary/aromatic N) is 1. The van der Waals surface area contributed by atoms with Gasteiger partial charge in [-0.3, -0.25) is 14.6 Å². The summed E-state index contributed by atoms with van der Waals surface area (Å²) in [4.78, 5) is 36.3. The molecule has 1 aromatic heterocycles. The standard InChI is InChI=1S/C16H16N2O2.C2HF3O2/c1-11-4-3-5-15(18-11)10-17-16(20)14-8-6-13(7-9-14)12(2)19;3-2(4,5)1(6)7/h3-9H,10H2,1-2H3,(H,17,20);(H,6,7). The van der Waals surface area contributed by atoms with Gasteiger partial charge in [0.1, 0.15) is 0 Å². The molecule has 0 bridgehead atoms. The van der Waals surface area contributed by atoms with E-state index in [-0.39, 0.29) is 11.7 Å². The summed E-state index contributed by atoms with van der Waals surface area (Å²) in [6.45, 7) is 3.79. The summed E-state index contributed by atoms with van der Waals surface area (Å²) in [7, 11) is 0. The zero-order chi connectivity index (χ0) is 20.6. The van der Waals surface area contributed by atoms with E-state index < -0.39 is 12.1 Å². The number of rotatable bonds is 4. The summed E-state index contributed by atoms with van der Waals surface area (Å²) >= 11 is 0. The molecule has 1 aromatic carbocycles. The second-order valence-corrected chi connectivity index (χ2v) is 5.39. The number of pyridine rings is 1. The lowest BCUT2D eigenvalue weighted by molar-refractivity contribution is -0.192. The van der Waals surface area contributed by atoms with Crippen molar-refractivity contribution < 1.29 is 32.7 Å². The van der Waals surface area contributed by atoms with Gasteiger partial charge in [0.2, 0.25) is 0 Å². The number of hydrogen-bond acceptors (Lipinski definition) is 4. The van der Waals surface area contributed by atoms with Crippen molar-refractivity contribution in [1.29, 1.82) is 0 Å². The van der Waals surface area contributed by atoms with E-state index >= 15 is 0 Å². The number of carboxylic acid groups (broad SMARTS) is 1. The second kappa shape index (κ2) is 9.46. The van der Waals surface area contributed by atoms with Crippen LogP contribution in [-0.2, 0) is 11.3 Å². The van der Waals surface area contributed by atoms with Gasteiger partial charge in [0.25, 0.3) is 5.91 Å². The first-order valence-corrected chi connectivity index (χ1v) is 7.62. The normalized spacial score (nSPS) is 10.4. The highest BCUT2D eigenvalue weighted by Crippen LogP contribution is 2.13. The predicted octanol–water partition coefficient (Wildman–Crippen LogP) is 3.16. The van der Waals surface area contributed by atoms with Crippen molar-refractivity contribution >= 4 is 17.7 Å². The molecule has 9 heteroatoms. The Balaban J connectivity index is 0.000000445. The van der Waals surface area contributed by atoms with E-state index in [2.05, 4.69) is 10.3 Å². The third-order valence-electron chi connectivity index (χ3n) is 3.17. The van der Waals surface area contributed by atoms with E-state index in [1.165, 1.54) is 6.92 Å². The van der Waals surface area contributed by atoms with Gasteiger partial charge in [0.15, 0.2) is 5.78 Å². The fourth-order valence-corrected chi connectivity index (χ4v) is 1.83. The predicted molar refractivity (Wildman–Crippen MR) is 90.3 cm³/mol. The number of hydrogen-bond donors (Lipinski definition) is 2. The Morgan fingerprint density at radius 2 is 1.56 bits per heavy atom. The van der Waals surface area contributed by atoms with Crippen LogP contribution in [0.15, 0.2) is 42.5 Å². The first-order valence-electron chi connectivity index (χ1n) is 7.62. The van der Waals surface area contributed by atoms with Gasteiger partial charge in [-0.15, -0.1) is 0 Å². The Hall–Kier alpha value is -3.23. The minimum Gasteiger partial charge on any atom is -0.475 e. The summed E-state index contributed by atoms with van der Waals surface area (Å²) in [6, 6.07) is 12.3. The summed E-state index contributed by atoms with van der Waals surface area (Å²) in [5, 5.41) is 9.93. The van der Waals surface area contributed by atoms with Gasteiger partial charge in [-0.05, 0) is 38.1 Å². The lowest BCUT2D eigenvalue weighted by atomic mass is 10.1. The van der Waals surface area contributed by atoms with Crippen molar-refractivity contribution in [1.82, 2.24) is 10.3 Å². The molecule has 0 fully saturated rings. The van der Waals surface area contributed by atoms with Crippen LogP contribution in [0.1, 0.15) is 39.0 Å². The summed E-state index contributed by atoms with van der Waals surface area (Å²) in [6.07, 6.45) is -5.08. The fourth-order valence-electron chi connectivity index (χ4n) is 1.83. The van der Waals surface area contributed by atoms with Gasteiger partial charge in [0.05, 0.1) is 12.2 Å². The maximum Gasteiger partial charge on any atom is 0.490 e. The molecule has 2 rings (SSSR count). The molecule has 6 nitrogen and oxygen atoms in total. The number of aromatic nitrogens is 1.